The maximum atomic E-state index is 2.58. The van der Waals surface area contributed by atoms with Crippen molar-refractivity contribution in [1.82, 2.24) is 10.0 Å². The average molecular weight is 228 g/mol. The summed E-state index contributed by atoms with van der Waals surface area (Å²) in [5.74, 6) is 0. The van der Waals surface area contributed by atoms with Crippen LogP contribution in [0.5, 0.6) is 0 Å². The van der Waals surface area contributed by atoms with Crippen molar-refractivity contribution in [2.24, 2.45) is 0 Å². The van der Waals surface area contributed by atoms with Crippen LogP contribution in [0.15, 0.2) is 0 Å². The van der Waals surface area contributed by atoms with E-state index in [0.717, 1.165) is 11.2 Å². The van der Waals surface area contributed by atoms with Crippen molar-refractivity contribution in [2.75, 3.05) is 20.6 Å². The quantitative estimate of drug-likeness (QED) is 0.588. The van der Waals surface area contributed by atoms with E-state index in [2.05, 4.69) is 72.6 Å². The van der Waals surface area contributed by atoms with Gasteiger partial charge < -0.3 is 0 Å². The molecule has 1 aliphatic rings. The maximum Gasteiger partial charge on any atom is 0.105 e. The van der Waals surface area contributed by atoms with Gasteiger partial charge in [-0.15, -0.1) is 10.0 Å². The Morgan fingerprint density at radius 3 is 1.56 bits per heavy atom. The molecule has 1 saturated heterocycles. The van der Waals surface area contributed by atoms with Crippen molar-refractivity contribution >= 4 is 0 Å². The lowest BCUT2D eigenvalue weighted by atomic mass is 10.1. The predicted molar refractivity (Wildman–Crippen MR) is 69.6 cm³/mol. The first-order valence-electron chi connectivity index (χ1n) is 6.30. The molecule has 1 atom stereocenters. The Morgan fingerprint density at radius 1 is 0.938 bits per heavy atom. The third kappa shape index (κ3) is 2.27. The molecule has 1 rings (SSSR count). The summed E-state index contributed by atoms with van der Waals surface area (Å²) in [6.07, 6.45) is 0. The van der Waals surface area contributed by atoms with Crippen LogP contribution in [0.1, 0.15) is 48.5 Å². The van der Waals surface area contributed by atoms with Crippen LogP contribution in [0.25, 0.3) is 0 Å². The smallest absolute Gasteiger partial charge is 0.105 e. The van der Waals surface area contributed by atoms with E-state index in [1.807, 2.05) is 0 Å². The summed E-state index contributed by atoms with van der Waals surface area (Å²) < 4.78 is 0.855. The van der Waals surface area contributed by atoms with Crippen molar-refractivity contribution in [3.63, 3.8) is 0 Å². The van der Waals surface area contributed by atoms with Gasteiger partial charge >= 0.3 is 0 Å². The first-order valence-corrected chi connectivity index (χ1v) is 6.30. The van der Waals surface area contributed by atoms with Crippen molar-refractivity contribution in [2.45, 2.75) is 65.6 Å². The van der Waals surface area contributed by atoms with Gasteiger partial charge in [0.05, 0.1) is 23.7 Å². The van der Waals surface area contributed by atoms with Crippen LogP contribution in [-0.2, 0) is 0 Å². The Morgan fingerprint density at radius 2 is 1.38 bits per heavy atom. The van der Waals surface area contributed by atoms with E-state index in [9.17, 15) is 0 Å². The molecule has 0 radical (unpaired) electrons. The van der Waals surface area contributed by atoms with Crippen molar-refractivity contribution < 1.29 is 4.70 Å². The van der Waals surface area contributed by atoms with Gasteiger partial charge in [-0.3, -0.25) is 0 Å². The fraction of sp³-hybridized carbons (Fsp3) is 1.00. The zero-order valence-electron chi connectivity index (χ0n) is 12.6. The van der Waals surface area contributed by atoms with Gasteiger partial charge in [0.1, 0.15) is 14.1 Å². The van der Waals surface area contributed by atoms with Crippen LogP contribution >= 0.6 is 0 Å². The second-order valence-electron chi connectivity index (χ2n) is 7.45. The largest absolute Gasteiger partial charge is 0.170 e. The average Bonchev–Trinajstić information content (AvgIpc) is 2.17. The molecule has 0 aromatic carbocycles. The molecule has 0 spiro atoms. The molecular weight excluding hydrogens is 198 g/mol. The van der Waals surface area contributed by atoms with Crippen LogP contribution < -0.4 is 0 Å². The Labute approximate surface area is 102 Å². The normalized spacial score (nSPS) is 28.7. The highest BCUT2D eigenvalue weighted by atomic mass is 16.0. The third-order valence-corrected chi connectivity index (χ3v) is 3.43. The van der Waals surface area contributed by atoms with E-state index < -0.39 is 0 Å². The number of nitrogens with zero attached hydrogens (tertiary/aromatic N) is 3. The SMILES string of the molecule is CC1CN(C(C)(C)C)[N+](C)(C)N1C(C)(C)C. The lowest BCUT2D eigenvalue weighted by molar-refractivity contribution is -1.10. The predicted octanol–water partition coefficient (Wildman–Crippen LogP) is 2.50. The molecule has 3 heteroatoms. The van der Waals surface area contributed by atoms with Gasteiger partial charge in [-0.2, -0.15) is 4.70 Å². The first kappa shape index (κ1) is 13.9. The van der Waals surface area contributed by atoms with Gasteiger partial charge in [-0.1, -0.05) is 0 Å². The highest BCUT2D eigenvalue weighted by molar-refractivity contribution is 4.83. The summed E-state index contributed by atoms with van der Waals surface area (Å²) in [7, 11) is 4.58. The number of quaternary nitrogens is 1. The molecule has 1 fully saturated rings. The standard InChI is InChI=1S/C13H30N3/c1-11-10-14(12(2,3)4)16(8,9)15(11)13(5,6)7/h11H,10H2,1-9H3/q+1. The summed E-state index contributed by atoms with van der Waals surface area (Å²) >= 11 is 0. The zero-order chi connectivity index (χ0) is 12.9. The van der Waals surface area contributed by atoms with Crippen LogP contribution in [0, 0.1) is 0 Å². The topological polar surface area (TPSA) is 6.48 Å². The van der Waals surface area contributed by atoms with Crippen molar-refractivity contribution in [1.29, 1.82) is 0 Å². The van der Waals surface area contributed by atoms with Crippen molar-refractivity contribution in [3.8, 4) is 0 Å². The summed E-state index contributed by atoms with van der Waals surface area (Å²) in [5.41, 5.74) is 0.403. The Balaban J connectivity index is 3.09. The van der Waals surface area contributed by atoms with E-state index in [4.69, 9.17) is 0 Å². The lowest BCUT2D eigenvalue weighted by Gasteiger charge is -2.48. The van der Waals surface area contributed by atoms with E-state index in [1.165, 1.54) is 0 Å². The Kier molecular flexibility index (Phi) is 3.21. The molecule has 0 amide bonds. The van der Waals surface area contributed by atoms with E-state index in [1.54, 1.807) is 0 Å². The van der Waals surface area contributed by atoms with E-state index in [0.29, 0.717) is 6.04 Å². The first-order chi connectivity index (χ1) is 6.88. The van der Waals surface area contributed by atoms with Gasteiger partial charge in [0.15, 0.2) is 0 Å². The van der Waals surface area contributed by atoms with Crippen LogP contribution in [-0.4, -0.2) is 52.5 Å². The molecule has 0 aromatic rings. The zero-order valence-corrected chi connectivity index (χ0v) is 12.6. The van der Waals surface area contributed by atoms with Gasteiger partial charge in [-0.25, -0.2) is 0 Å². The molecule has 0 bridgehead atoms. The molecule has 96 valence electrons. The molecule has 1 heterocycles. The van der Waals surface area contributed by atoms with Crippen LogP contribution in [0.3, 0.4) is 0 Å². The molecule has 0 aromatic heterocycles. The summed E-state index contributed by atoms with van der Waals surface area (Å²) in [5, 5.41) is 5.14. The fourth-order valence-corrected chi connectivity index (χ4v) is 3.53. The van der Waals surface area contributed by atoms with Crippen molar-refractivity contribution in [3.05, 3.63) is 0 Å². The minimum atomic E-state index is 0.197. The van der Waals surface area contributed by atoms with Crippen LogP contribution in [0.2, 0.25) is 0 Å². The second kappa shape index (κ2) is 3.69. The highest BCUT2D eigenvalue weighted by Crippen LogP contribution is 2.35. The van der Waals surface area contributed by atoms with Gasteiger partial charge in [0.2, 0.25) is 0 Å². The van der Waals surface area contributed by atoms with Gasteiger partial charge in [0.25, 0.3) is 0 Å². The monoisotopic (exact) mass is 228 g/mol. The maximum absolute atomic E-state index is 2.58. The van der Waals surface area contributed by atoms with E-state index in [-0.39, 0.29) is 11.1 Å². The summed E-state index contributed by atoms with van der Waals surface area (Å²) in [6.45, 7) is 17.3. The minimum Gasteiger partial charge on any atom is -0.170 e. The second-order valence-corrected chi connectivity index (χ2v) is 7.45. The lowest BCUT2D eigenvalue weighted by Crippen LogP contribution is -2.66. The molecule has 0 saturated carbocycles. The molecule has 16 heavy (non-hydrogen) atoms. The highest BCUT2D eigenvalue weighted by Gasteiger charge is 2.53. The van der Waals surface area contributed by atoms with Gasteiger partial charge in [-0.05, 0) is 48.5 Å². The molecular formula is C13H30N3+. The fourth-order valence-electron chi connectivity index (χ4n) is 3.53. The molecule has 3 nitrogen and oxygen atoms in total. The molecule has 1 unspecified atom stereocenters. The molecule has 1 aliphatic heterocycles. The minimum absolute atomic E-state index is 0.197. The van der Waals surface area contributed by atoms with Crippen LogP contribution in [0.4, 0.5) is 0 Å². The Bertz CT molecular complexity index is 257. The van der Waals surface area contributed by atoms with E-state index >= 15 is 0 Å². The molecule has 0 aliphatic carbocycles. The third-order valence-electron chi connectivity index (χ3n) is 3.43. The van der Waals surface area contributed by atoms with Gasteiger partial charge in [0, 0.05) is 0 Å². The summed E-state index contributed by atoms with van der Waals surface area (Å²) in [4.78, 5) is 0. The number of hydrogen-bond donors (Lipinski definition) is 0. The summed E-state index contributed by atoms with van der Waals surface area (Å²) in [6, 6.07) is 0.592. The number of rotatable bonds is 0. The molecule has 0 N–H and O–H groups in total. The number of hydrogen-bond acceptors (Lipinski definition) is 2. The Hall–Kier alpha value is -0.120.